The molecule has 0 spiro atoms. The molecule has 0 bridgehead atoms. The number of hydrogen-bond donors (Lipinski definition) is 1. The van der Waals surface area contributed by atoms with Crippen LogP contribution in [0, 0.1) is 0 Å². The molecule has 1 aromatic carbocycles. The molecule has 1 rings (SSSR count). The second kappa shape index (κ2) is 6.38. The smallest absolute Gasteiger partial charge is 0.120 e. The normalized spacial score (nSPS) is 10.8. The van der Waals surface area contributed by atoms with Crippen LogP contribution in [0.4, 0.5) is 5.69 Å². The average molecular weight is 222 g/mol. The van der Waals surface area contributed by atoms with E-state index in [-0.39, 0.29) is 0 Å². The Balaban J connectivity index is 2.59. The van der Waals surface area contributed by atoms with E-state index in [1.165, 1.54) is 18.4 Å². The number of unbranched alkanes of at least 4 members (excludes halogenated alkanes) is 1. The first-order valence-corrected chi connectivity index (χ1v) is 5.78. The predicted molar refractivity (Wildman–Crippen MR) is 68.6 cm³/mol. The van der Waals surface area contributed by atoms with Crippen molar-refractivity contribution in [3.63, 3.8) is 0 Å². The van der Waals surface area contributed by atoms with Gasteiger partial charge in [-0.3, -0.25) is 0 Å². The van der Waals surface area contributed by atoms with Gasteiger partial charge in [0.05, 0.1) is 7.11 Å². The topological polar surface area (TPSA) is 38.5 Å². The second-order valence-electron chi connectivity index (χ2n) is 4.16. The number of nitrogens with two attached hydrogens (primary N) is 1. The molecule has 0 aromatic heterocycles. The van der Waals surface area contributed by atoms with Gasteiger partial charge >= 0.3 is 0 Å². The molecule has 0 unspecified atom stereocenters. The Kier molecular flexibility index (Phi) is 5.12. The standard InChI is InChI=1S/C13H22N2O/c1-4-5-8-15(2)10-11-6-7-12(16-3)9-13(11)14/h6-7,9H,4-5,8,10,14H2,1-3H3. The van der Waals surface area contributed by atoms with Gasteiger partial charge in [-0.25, -0.2) is 0 Å². The first-order valence-electron chi connectivity index (χ1n) is 5.78. The summed E-state index contributed by atoms with van der Waals surface area (Å²) in [5.74, 6) is 0.817. The fourth-order valence-electron chi connectivity index (χ4n) is 1.64. The molecular weight excluding hydrogens is 200 g/mol. The fraction of sp³-hybridized carbons (Fsp3) is 0.538. The Morgan fingerprint density at radius 2 is 2.12 bits per heavy atom. The molecule has 0 saturated heterocycles. The van der Waals surface area contributed by atoms with Crippen LogP contribution < -0.4 is 10.5 Å². The predicted octanol–water partition coefficient (Wildman–Crippen LogP) is 2.51. The summed E-state index contributed by atoms with van der Waals surface area (Å²) in [4.78, 5) is 2.29. The summed E-state index contributed by atoms with van der Waals surface area (Å²) in [7, 11) is 3.78. The molecule has 0 atom stereocenters. The van der Waals surface area contributed by atoms with Crippen LogP contribution in [0.25, 0.3) is 0 Å². The van der Waals surface area contributed by atoms with Gasteiger partial charge in [0.15, 0.2) is 0 Å². The summed E-state index contributed by atoms with van der Waals surface area (Å²) in [5.41, 5.74) is 7.94. The Morgan fingerprint density at radius 1 is 1.38 bits per heavy atom. The zero-order valence-corrected chi connectivity index (χ0v) is 10.5. The SMILES string of the molecule is CCCCN(C)Cc1ccc(OC)cc1N. The lowest BCUT2D eigenvalue weighted by Gasteiger charge is -2.17. The molecule has 0 heterocycles. The summed E-state index contributed by atoms with van der Waals surface area (Å²) in [5, 5.41) is 0. The summed E-state index contributed by atoms with van der Waals surface area (Å²) in [6, 6.07) is 5.87. The average Bonchev–Trinajstić information content (AvgIpc) is 2.29. The van der Waals surface area contributed by atoms with Crippen LogP contribution in [0.2, 0.25) is 0 Å². The maximum atomic E-state index is 5.97. The van der Waals surface area contributed by atoms with Crippen molar-refractivity contribution in [1.82, 2.24) is 4.90 Å². The highest BCUT2D eigenvalue weighted by atomic mass is 16.5. The number of hydrogen-bond acceptors (Lipinski definition) is 3. The summed E-state index contributed by atoms with van der Waals surface area (Å²) in [6.07, 6.45) is 2.45. The lowest BCUT2D eigenvalue weighted by molar-refractivity contribution is 0.321. The third-order valence-electron chi connectivity index (χ3n) is 2.69. The maximum absolute atomic E-state index is 5.97. The molecule has 16 heavy (non-hydrogen) atoms. The lowest BCUT2D eigenvalue weighted by atomic mass is 10.1. The molecule has 0 radical (unpaired) electrons. The zero-order valence-electron chi connectivity index (χ0n) is 10.5. The van der Waals surface area contributed by atoms with Gasteiger partial charge in [0.1, 0.15) is 5.75 Å². The molecule has 0 aliphatic rings. The van der Waals surface area contributed by atoms with Crippen molar-refractivity contribution in [3.05, 3.63) is 23.8 Å². The van der Waals surface area contributed by atoms with Crippen molar-refractivity contribution < 1.29 is 4.74 Å². The van der Waals surface area contributed by atoms with Gasteiger partial charge in [-0.15, -0.1) is 0 Å². The minimum absolute atomic E-state index is 0.808. The third-order valence-corrected chi connectivity index (χ3v) is 2.69. The van der Waals surface area contributed by atoms with E-state index in [9.17, 15) is 0 Å². The van der Waals surface area contributed by atoms with Crippen LogP contribution >= 0.6 is 0 Å². The van der Waals surface area contributed by atoms with E-state index in [0.717, 1.165) is 24.5 Å². The molecule has 90 valence electrons. The molecule has 3 nitrogen and oxygen atoms in total. The molecule has 0 fully saturated rings. The zero-order chi connectivity index (χ0) is 12.0. The van der Waals surface area contributed by atoms with Crippen LogP contribution in [0.5, 0.6) is 5.75 Å². The quantitative estimate of drug-likeness (QED) is 0.752. The summed E-state index contributed by atoms with van der Waals surface area (Å²) in [6.45, 7) is 4.22. The van der Waals surface area contributed by atoms with Gasteiger partial charge in [0.25, 0.3) is 0 Å². The Hall–Kier alpha value is -1.22. The number of benzene rings is 1. The highest BCUT2D eigenvalue weighted by molar-refractivity contribution is 5.51. The van der Waals surface area contributed by atoms with Gasteiger partial charge in [-0.2, -0.15) is 0 Å². The monoisotopic (exact) mass is 222 g/mol. The first kappa shape index (κ1) is 12.8. The van der Waals surface area contributed by atoms with Crippen LogP contribution in [-0.2, 0) is 6.54 Å². The van der Waals surface area contributed by atoms with Crippen molar-refractivity contribution in [3.8, 4) is 5.75 Å². The lowest BCUT2D eigenvalue weighted by Crippen LogP contribution is -2.19. The van der Waals surface area contributed by atoms with E-state index >= 15 is 0 Å². The third kappa shape index (κ3) is 3.74. The Morgan fingerprint density at radius 3 is 2.69 bits per heavy atom. The van der Waals surface area contributed by atoms with E-state index in [1.807, 2.05) is 18.2 Å². The number of ether oxygens (including phenoxy) is 1. The highest BCUT2D eigenvalue weighted by Crippen LogP contribution is 2.20. The molecule has 2 N–H and O–H groups in total. The van der Waals surface area contributed by atoms with Crippen LogP contribution in [0.3, 0.4) is 0 Å². The number of nitrogens with zero attached hydrogens (tertiary/aromatic N) is 1. The number of anilines is 1. The van der Waals surface area contributed by atoms with Gasteiger partial charge in [-0.05, 0) is 31.6 Å². The fourth-order valence-corrected chi connectivity index (χ4v) is 1.64. The van der Waals surface area contributed by atoms with E-state index in [4.69, 9.17) is 10.5 Å². The largest absolute Gasteiger partial charge is 0.497 e. The molecule has 3 heteroatoms. The summed E-state index contributed by atoms with van der Waals surface area (Å²) >= 11 is 0. The van der Waals surface area contributed by atoms with Crippen molar-refractivity contribution in [2.45, 2.75) is 26.3 Å². The first-order chi connectivity index (χ1) is 7.67. The van der Waals surface area contributed by atoms with Gasteiger partial charge in [-0.1, -0.05) is 19.4 Å². The minimum atomic E-state index is 0.808. The highest BCUT2D eigenvalue weighted by Gasteiger charge is 2.04. The van der Waals surface area contributed by atoms with E-state index < -0.39 is 0 Å². The molecular formula is C13H22N2O. The molecule has 0 saturated carbocycles. The molecule has 1 aromatic rings. The van der Waals surface area contributed by atoms with Crippen LogP contribution in [0.15, 0.2) is 18.2 Å². The van der Waals surface area contributed by atoms with Crippen molar-refractivity contribution >= 4 is 5.69 Å². The summed E-state index contributed by atoms with van der Waals surface area (Å²) < 4.78 is 5.13. The second-order valence-corrected chi connectivity index (χ2v) is 4.16. The minimum Gasteiger partial charge on any atom is -0.497 e. The van der Waals surface area contributed by atoms with Gasteiger partial charge < -0.3 is 15.4 Å². The number of nitrogen functional groups attached to an aromatic ring is 1. The van der Waals surface area contributed by atoms with E-state index in [0.29, 0.717) is 0 Å². The molecule has 0 aliphatic carbocycles. The number of rotatable bonds is 6. The van der Waals surface area contributed by atoms with Crippen molar-refractivity contribution in [1.29, 1.82) is 0 Å². The number of methoxy groups -OCH3 is 1. The van der Waals surface area contributed by atoms with Crippen LogP contribution in [0.1, 0.15) is 25.3 Å². The van der Waals surface area contributed by atoms with Crippen molar-refractivity contribution in [2.24, 2.45) is 0 Å². The van der Waals surface area contributed by atoms with E-state index in [2.05, 4.69) is 18.9 Å². The Labute approximate surface area is 98.2 Å². The van der Waals surface area contributed by atoms with Crippen molar-refractivity contribution in [2.75, 3.05) is 26.4 Å². The van der Waals surface area contributed by atoms with Gasteiger partial charge in [0, 0.05) is 18.3 Å². The molecule has 0 aliphatic heterocycles. The molecule has 0 amide bonds. The van der Waals surface area contributed by atoms with Gasteiger partial charge in [0.2, 0.25) is 0 Å². The van der Waals surface area contributed by atoms with Crippen LogP contribution in [-0.4, -0.2) is 25.6 Å². The Bertz CT molecular complexity index is 326. The maximum Gasteiger partial charge on any atom is 0.120 e. The van der Waals surface area contributed by atoms with E-state index in [1.54, 1.807) is 7.11 Å².